The second-order valence-electron chi connectivity index (χ2n) is 3.93. The number of alkyl halides is 1. The van der Waals surface area contributed by atoms with Gasteiger partial charge in [0, 0.05) is 17.5 Å². The molecule has 1 heterocycles. The number of hydrogen-bond donors (Lipinski definition) is 2. The summed E-state index contributed by atoms with van der Waals surface area (Å²) in [5, 5.41) is 17.8. The number of carboxylic acids is 1. The van der Waals surface area contributed by atoms with Crippen molar-refractivity contribution >= 4 is 34.7 Å². The third-order valence-corrected chi connectivity index (χ3v) is 4.32. The van der Waals surface area contributed by atoms with Gasteiger partial charge in [-0.05, 0) is 11.8 Å². The lowest BCUT2D eigenvalue weighted by Crippen LogP contribution is -2.28. The number of likely N-dealkylation sites (tertiary alicyclic amines) is 1. The highest BCUT2D eigenvalue weighted by molar-refractivity contribution is 14.1. The molecular formula is C9H14INO4. The molecular weight excluding hydrogens is 313 g/mol. The highest BCUT2D eigenvalue weighted by Gasteiger charge is 2.41. The first-order valence-corrected chi connectivity index (χ1v) is 6.26. The Bertz CT molecular complexity index is 271. The average molecular weight is 327 g/mol. The minimum absolute atomic E-state index is 0.0597. The molecule has 0 saturated carbocycles. The van der Waals surface area contributed by atoms with Crippen molar-refractivity contribution in [2.45, 2.75) is 6.92 Å². The van der Waals surface area contributed by atoms with Gasteiger partial charge in [-0.15, -0.1) is 0 Å². The standard InChI is InChI=1S/C9H14INO4/c1-5(2-10)6-3-11(9(14)15)4-7(6)8(12)13/h5-7H,2-4H2,1H3,(H,12,13)(H,14,15). The molecule has 1 fully saturated rings. The van der Waals surface area contributed by atoms with E-state index in [9.17, 15) is 9.59 Å². The van der Waals surface area contributed by atoms with Gasteiger partial charge < -0.3 is 15.1 Å². The largest absolute Gasteiger partial charge is 0.481 e. The Balaban J connectivity index is 2.76. The summed E-state index contributed by atoms with van der Waals surface area (Å²) in [7, 11) is 0. The third kappa shape index (κ3) is 2.73. The van der Waals surface area contributed by atoms with Gasteiger partial charge >= 0.3 is 12.1 Å². The van der Waals surface area contributed by atoms with Gasteiger partial charge in [0.15, 0.2) is 0 Å². The zero-order valence-electron chi connectivity index (χ0n) is 8.39. The number of carbonyl (C=O) groups is 2. The second kappa shape index (κ2) is 5.00. The Morgan fingerprint density at radius 3 is 2.47 bits per heavy atom. The molecule has 0 aromatic carbocycles. The molecule has 1 saturated heterocycles. The van der Waals surface area contributed by atoms with Crippen LogP contribution in [0.4, 0.5) is 4.79 Å². The summed E-state index contributed by atoms with van der Waals surface area (Å²) in [5.74, 6) is -1.27. The summed E-state index contributed by atoms with van der Waals surface area (Å²) in [6.45, 7) is 2.44. The van der Waals surface area contributed by atoms with Gasteiger partial charge in [0.2, 0.25) is 0 Å². The van der Waals surface area contributed by atoms with E-state index in [2.05, 4.69) is 22.6 Å². The van der Waals surface area contributed by atoms with Crippen LogP contribution in [0.1, 0.15) is 6.92 Å². The van der Waals surface area contributed by atoms with Gasteiger partial charge in [0.25, 0.3) is 0 Å². The zero-order valence-corrected chi connectivity index (χ0v) is 10.5. The molecule has 0 spiro atoms. The van der Waals surface area contributed by atoms with Crippen LogP contribution in [0.25, 0.3) is 0 Å². The van der Waals surface area contributed by atoms with Crippen molar-refractivity contribution in [3.63, 3.8) is 0 Å². The molecule has 5 nitrogen and oxygen atoms in total. The van der Waals surface area contributed by atoms with E-state index >= 15 is 0 Å². The summed E-state index contributed by atoms with van der Waals surface area (Å²) < 4.78 is 0.847. The van der Waals surface area contributed by atoms with Crippen LogP contribution in [0.5, 0.6) is 0 Å². The molecule has 1 rings (SSSR count). The van der Waals surface area contributed by atoms with Crippen molar-refractivity contribution in [3.8, 4) is 0 Å². The molecule has 1 amide bonds. The molecule has 2 N–H and O–H groups in total. The molecule has 0 aliphatic carbocycles. The Labute approximate surface area is 102 Å². The van der Waals surface area contributed by atoms with E-state index in [4.69, 9.17) is 10.2 Å². The monoisotopic (exact) mass is 327 g/mol. The molecule has 3 atom stereocenters. The van der Waals surface area contributed by atoms with Crippen LogP contribution in [0.15, 0.2) is 0 Å². The van der Waals surface area contributed by atoms with Gasteiger partial charge in [-0.2, -0.15) is 0 Å². The van der Waals surface area contributed by atoms with Gasteiger partial charge in [-0.25, -0.2) is 4.79 Å². The molecule has 15 heavy (non-hydrogen) atoms. The number of nitrogens with zero attached hydrogens (tertiary/aromatic N) is 1. The fraction of sp³-hybridized carbons (Fsp3) is 0.778. The minimum Gasteiger partial charge on any atom is -0.481 e. The van der Waals surface area contributed by atoms with Crippen LogP contribution in [0, 0.1) is 17.8 Å². The normalized spacial score (nSPS) is 27.7. The van der Waals surface area contributed by atoms with E-state index in [0.717, 1.165) is 4.43 Å². The fourth-order valence-corrected chi connectivity index (χ4v) is 2.59. The van der Waals surface area contributed by atoms with Gasteiger partial charge in [0.05, 0.1) is 5.92 Å². The van der Waals surface area contributed by atoms with Gasteiger partial charge in [-0.3, -0.25) is 4.79 Å². The molecule has 1 aliphatic heterocycles. The molecule has 3 unspecified atom stereocenters. The van der Waals surface area contributed by atoms with Crippen molar-refractivity contribution < 1.29 is 19.8 Å². The van der Waals surface area contributed by atoms with E-state index in [1.165, 1.54) is 4.90 Å². The predicted octanol–water partition coefficient (Wildman–Crippen LogP) is 1.37. The van der Waals surface area contributed by atoms with E-state index in [0.29, 0.717) is 6.54 Å². The number of carboxylic acid groups (broad SMARTS) is 2. The predicted molar refractivity (Wildman–Crippen MR) is 62.3 cm³/mol. The van der Waals surface area contributed by atoms with Crippen molar-refractivity contribution in [1.29, 1.82) is 0 Å². The molecule has 0 aromatic rings. The molecule has 0 aromatic heterocycles. The van der Waals surface area contributed by atoms with Gasteiger partial charge in [-0.1, -0.05) is 29.5 Å². The van der Waals surface area contributed by atoms with E-state index in [1.54, 1.807) is 0 Å². The summed E-state index contributed by atoms with van der Waals surface area (Å²) in [6, 6.07) is 0. The third-order valence-electron chi connectivity index (χ3n) is 2.93. The lowest BCUT2D eigenvalue weighted by molar-refractivity contribution is -0.142. The van der Waals surface area contributed by atoms with Crippen LogP contribution >= 0.6 is 22.6 Å². The van der Waals surface area contributed by atoms with Crippen LogP contribution in [-0.4, -0.2) is 44.7 Å². The lowest BCUT2D eigenvalue weighted by Gasteiger charge is -2.19. The van der Waals surface area contributed by atoms with Crippen LogP contribution in [0.2, 0.25) is 0 Å². The highest BCUT2D eigenvalue weighted by Crippen LogP contribution is 2.31. The number of rotatable bonds is 3. The Morgan fingerprint density at radius 1 is 1.47 bits per heavy atom. The summed E-state index contributed by atoms with van der Waals surface area (Å²) in [5.41, 5.74) is 0. The Hall–Kier alpha value is -0.530. The molecule has 86 valence electrons. The number of hydrogen-bond acceptors (Lipinski definition) is 2. The topological polar surface area (TPSA) is 77.8 Å². The quantitative estimate of drug-likeness (QED) is 0.606. The maximum Gasteiger partial charge on any atom is 0.407 e. The van der Waals surface area contributed by atoms with Crippen LogP contribution in [0.3, 0.4) is 0 Å². The zero-order chi connectivity index (χ0) is 11.6. The first kappa shape index (κ1) is 12.5. The van der Waals surface area contributed by atoms with E-state index < -0.39 is 18.0 Å². The van der Waals surface area contributed by atoms with Crippen molar-refractivity contribution in [2.24, 2.45) is 17.8 Å². The van der Waals surface area contributed by atoms with Crippen molar-refractivity contribution in [2.75, 3.05) is 17.5 Å². The summed E-state index contributed by atoms with van der Waals surface area (Å²) in [6.07, 6.45) is -1.02. The maximum absolute atomic E-state index is 11.0. The number of halogens is 1. The fourth-order valence-electron chi connectivity index (χ4n) is 1.94. The van der Waals surface area contributed by atoms with Crippen molar-refractivity contribution in [1.82, 2.24) is 4.90 Å². The minimum atomic E-state index is -1.02. The summed E-state index contributed by atoms with van der Waals surface area (Å²) in [4.78, 5) is 22.9. The van der Waals surface area contributed by atoms with Crippen LogP contribution in [-0.2, 0) is 4.79 Å². The van der Waals surface area contributed by atoms with E-state index in [-0.39, 0.29) is 18.4 Å². The average Bonchev–Trinajstić information content (AvgIpc) is 2.61. The number of aliphatic carboxylic acids is 1. The first-order chi connectivity index (χ1) is 6.97. The van der Waals surface area contributed by atoms with Gasteiger partial charge in [0.1, 0.15) is 0 Å². The maximum atomic E-state index is 11.0. The SMILES string of the molecule is CC(CI)C1CN(C(=O)O)CC1C(=O)O. The Kier molecular flexibility index (Phi) is 4.18. The first-order valence-electron chi connectivity index (χ1n) is 4.74. The number of amides is 1. The Morgan fingerprint density at radius 2 is 2.07 bits per heavy atom. The molecule has 0 radical (unpaired) electrons. The highest BCUT2D eigenvalue weighted by atomic mass is 127. The van der Waals surface area contributed by atoms with Crippen LogP contribution < -0.4 is 0 Å². The smallest absolute Gasteiger partial charge is 0.407 e. The molecule has 1 aliphatic rings. The van der Waals surface area contributed by atoms with E-state index in [1.807, 2.05) is 6.92 Å². The lowest BCUT2D eigenvalue weighted by atomic mass is 9.86. The van der Waals surface area contributed by atoms with Crippen molar-refractivity contribution in [3.05, 3.63) is 0 Å². The molecule has 0 bridgehead atoms. The molecule has 6 heteroatoms. The second-order valence-corrected chi connectivity index (χ2v) is 4.81. The summed E-state index contributed by atoms with van der Waals surface area (Å²) >= 11 is 2.20.